The van der Waals surface area contributed by atoms with E-state index in [0.717, 1.165) is 17.3 Å². The van der Waals surface area contributed by atoms with Gasteiger partial charge in [0.1, 0.15) is 0 Å². The summed E-state index contributed by atoms with van der Waals surface area (Å²) in [4.78, 5) is 1.31. The maximum atomic E-state index is 6.09. The Morgan fingerprint density at radius 3 is 2.65 bits per heavy atom. The Balaban J connectivity index is 2.06. The topological polar surface area (TPSA) is 12.0 Å². The number of aryl methyl sites for hydroxylation is 1. The summed E-state index contributed by atoms with van der Waals surface area (Å²) in [6.07, 6.45) is 0. The van der Waals surface area contributed by atoms with Crippen LogP contribution in [-0.2, 0) is 0 Å². The largest absolute Gasteiger partial charge is 0.309 e. The van der Waals surface area contributed by atoms with Crippen molar-refractivity contribution < 1.29 is 0 Å². The zero-order valence-corrected chi connectivity index (χ0v) is 13.5. The van der Waals surface area contributed by atoms with Crippen molar-refractivity contribution in [3.63, 3.8) is 0 Å². The van der Waals surface area contributed by atoms with Gasteiger partial charge in [0.05, 0.1) is 0 Å². The van der Waals surface area contributed by atoms with Crippen LogP contribution in [0, 0.1) is 6.92 Å². The van der Waals surface area contributed by atoms with Crippen LogP contribution < -0.4 is 5.32 Å². The Morgan fingerprint density at radius 1 is 1.15 bits per heavy atom. The molecule has 20 heavy (non-hydrogen) atoms. The van der Waals surface area contributed by atoms with Gasteiger partial charge in [0.25, 0.3) is 0 Å². The summed E-state index contributed by atoms with van der Waals surface area (Å²) in [7, 11) is 0. The second kappa shape index (κ2) is 7.72. The maximum Gasteiger partial charge on any atom is 0.0415 e. The van der Waals surface area contributed by atoms with Crippen LogP contribution in [0.3, 0.4) is 0 Å². The fourth-order valence-corrected chi connectivity index (χ4v) is 3.44. The lowest BCUT2D eigenvalue weighted by atomic mass is 10.1. The number of rotatable bonds is 6. The SMILES string of the molecule is CCNC(CSc1cccc(C)c1)c1cccc(Cl)c1. The summed E-state index contributed by atoms with van der Waals surface area (Å²) in [6.45, 7) is 5.21. The third-order valence-electron chi connectivity index (χ3n) is 3.11. The molecular weight excluding hydrogens is 286 g/mol. The molecule has 1 nitrogen and oxygen atoms in total. The van der Waals surface area contributed by atoms with E-state index in [9.17, 15) is 0 Å². The lowest BCUT2D eigenvalue weighted by Gasteiger charge is -2.18. The van der Waals surface area contributed by atoms with E-state index >= 15 is 0 Å². The van der Waals surface area contributed by atoms with Gasteiger partial charge < -0.3 is 5.32 Å². The Hall–Kier alpha value is -0.960. The predicted molar refractivity (Wildman–Crippen MR) is 89.8 cm³/mol. The fraction of sp³-hybridized carbons (Fsp3) is 0.294. The Bertz CT molecular complexity index is 556. The van der Waals surface area contributed by atoms with Crippen molar-refractivity contribution in [1.82, 2.24) is 5.32 Å². The van der Waals surface area contributed by atoms with Crippen LogP contribution in [-0.4, -0.2) is 12.3 Å². The molecule has 0 aliphatic heterocycles. The zero-order valence-electron chi connectivity index (χ0n) is 11.9. The minimum atomic E-state index is 0.323. The number of hydrogen-bond acceptors (Lipinski definition) is 2. The molecule has 0 aromatic heterocycles. The molecule has 2 aromatic rings. The fourth-order valence-electron chi connectivity index (χ4n) is 2.13. The number of nitrogens with one attached hydrogen (secondary N) is 1. The van der Waals surface area contributed by atoms with Crippen molar-refractivity contribution in [2.75, 3.05) is 12.3 Å². The van der Waals surface area contributed by atoms with E-state index in [1.807, 2.05) is 30.0 Å². The van der Waals surface area contributed by atoms with Crippen molar-refractivity contribution in [1.29, 1.82) is 0 Å². The average molecular weight is 306 g/mol. The molecule has 3 heteroatoms. The van der Waals surface area contributed by atoms with Gasteiger partial charge in [-0.05, 0) is 43.3 Å². The number of thioether (sulfide) groups is 1. The summed E-state index contributed by atoms with van der Waals surface area (Å²) in [5, 5.41) is 4.33. The molecule has 106 valence electrons. The second-order valence-electron chi connectivity index (χ2n) is 4.79. The second-order valence-corrected chi connectivity index (χ2v) is 6.32. The van der Waals surface area contributed by atoms with Crippen LogP contribution in [0.4, 0.5) is 0 Å². The molecule has 1 atom stereocenters. The van der Waals surface area contributed by atoms with Gasteiger partial charge in [-0.3, -0.25) is 0 Å². The van der Waals surface area contributed by atoms with Crippen LogP contribution in [0.15, 0.2) is 53.4 Å². The van der Waals surface area contributed by atoms with Crippen LogP contribution >= 0.6 is 23.4 Å². The highest BCUT2D eigenvalue weighted by Crippen LogP contribution is 2.26. The molecule has 1 N–H and O–H groups in total. The van der Waals surface area contributed by atoms with Crippen molar-refractivity contribution in [3.8, 4) is 0 Å². The third-order valence-corrected chi connectivity index (χ3v) is 4.43. The molecule has 0 saturated carbocycles. The summed E-state index contributed by atoms with van der Waals surface area (Å²) >= 11 is 7.97. The summed E-state index contributed by atoms with van der Waals surface area (Å²) < 4.78 is 0. The lowest BCUT2D eigenvalue weighted by molar-refractivity contribution is 0.606. The molecule has 0 saturated heterocycles. The molecule has 0 bridgehead atoms. The zero-order chi connectivity index (χ0) is 14.4. The Morgan fingerprint density at radius 2 is 1.95 bits per heavy atom. The first kappa shape index (κ1) is 15.4. The van der Waals surface area contributed by atoms with Gasteiger partial charge in [-0.15, -0.1) is 11.8 Å². The van der Waals surface area contributed by atoms with Crippen molar-refractivity contribution >= 4 is 23.4 Å². The van der Waals surface area contributed by atoms with Gasteiger partial charge in [0.2, 0.25) is 0 Å². The molecule has 0 radical (unpaired) electrons. The molecule has 2 rings (SSSR count). The Labute approximate surface area is 130 Å². The van der Waals surface area contributed by atoms with E-state index in [2.05, 4.69) is 49.5 Å². The van der Waals surface area contributed by atoms with Gasteiger partial charge in [0.15, 0.2) is 0 Å². The maximum absolute atomic E-state index is 6.09. The molecule has 1 unspecified atom stereocenters. The lowest BCUT2D eigenvalue weighted by Crippen LogP contribution is -2.22. The highest BCUT2D eigenvalue weighted by atomic mass is 35.5. The number of benzene rings is 2. The van der Waals surface area contributed by atoms with Crippen LogP contribution in [0.25, 0.3) is 0 Å². The number of halogens is 1. The Kier molecular flexibility index (Phi) is 5.96. The quantitative estimate of drug-likeness (QED) is 0.746. The van der Waals surface area contributed by atoms with E-state index in [1.165, 1.54) is 16.0 Å². The van der Waals surface area contributed by atoms with Gasteiger partial charge in [-0.1, -0.05) is 48.4 Å². The minimum Gasteiger partial charge on any atom is -0.309 e. The van der Waals surface area contributed by atoms with Crippen molar-refractivity contribution in [2.24, 2.45) is 0 Å². The molecule has 2 aromatic carbocycles. The molecule has 0 amide bonds. The third kappa shape index (κ3) is 4.55. The number of hydrogen-bond donors (Lipinski definition) is 1. The molecule has 0 aliphatic carbocycles. The van der Waals surface area contributed by atoms with Gasteiger partial charge in [-0.25, -0.2) is 0 Å². The minimum absolute atomic E-state index is 0.323. The summed E-state index contributed by atoms with van der Waals surface area (Å²) in [5.74, 6) is 0.998. The van der Waals surface area contributed by atoms with E-state index in [4.69, 9.17) is 11.6 Å². The summed E-state index contributed by atoms with van der Waals surface area (Å²) in [5.41, 5.74) is 2.55. The van der Waals surface area contributed by atoms with E-state index < -0.39 is 0 Å². The first-order valence-electron chi connectivity index (χ1n) is 6.87. The van der Waals surface area contributed by atoms with Crippen LogP contribution in [0.1, 0.15) is 24.1 Å². The molecule has 0 aliphatic rings. The average Bonchev–Trinajstić information content (AvgIpc) is 2.43. The van der Waals surface area contributed by atoms with Crippen LogP contribution in [0.5, 0.6) is 0 Å². The predicted octanol–water partition coefficient (Wildman–Crippen LogP) is 5.09. The molecular formula is C17H20ClNS. The smallest absolute Gasteiger partial charge is 0.0415 e. The monoisotopic (exact) mass is 305 g/mol. The molecule has 0 spiro atoms. The highest BCUT2D eigenvalue weighted by Gasteiger charge is 2.11. The molecule has 0 fully saturated rings. The normalized spacial score (nSPS) is 12.3. The first-order chi connectivity index (χ1) is 9.69. The highest BCUT2D eigenvalue weighted by molar-refractivity contribution is 7.99. The van der Waals surface area contributed by atoms with E-state index in [-0.39, 0.29) is 0 Å². The van der Waals surface area contributed by atoms with E-state index in [1.54, 1.807) is 0 Å². The van der Waals surface area contributed by atoms with Crippen molar-refractivity contribution in [3.05, 3.63) is 64.7 Å². The van der Waals surface area contributed by atoms with Gasteiger partial charge in [0, 0.05) is 21.7 Å². The first-order valence-corrected chi connectivity index (χ1v) is 8.23. The van der Waals surface area contributed by atoms with Crippen LogP contribution in [0.2, 0.25) is 5.02 Å². The van der Waals surface area contributed by atoms with Crippen molar-refractivity contribution in [2.45, 2.75) is 24.8 Å². The standard InChI is InChI=1S/C17H20ClNS/c1-3-19-17(14-7-5-8-15(18)11-14)12-20-16-9-4-6-13(2)10-16/h4-11,17,19H,3,12H2,1-2H3. The van der Waals surface area contributed by atoms with E-state index in [0.29, 0.717) is 6.04 Å². The van der Waals surface area contributed by atoms with Gasteiger partial charge in [-0.2, -0.15) is 0 Å². The van der Waals surface area contributed by atoms with Gasteiger partial charge >= 0.3 is 0 Å². The summed E-state index contributed by atoms with van der Waals surface area (Å²) in [6, 6.07) is 17.1. The molecule has 0 heterocycles.